The second-order valence-corrected chi connectivity index (χ2v) is 4.82. The molecule has 82 valence electrons. The van der Waals surface area contributed by atoms with Gasteiger partial charge in [0.05, 0.1) is 15.7 Å². The number of hydrogen-bond acceptors (Lipinski definition) is 3. The van der Waals surface area contributed by atoms with Crippen molar-refractivity contribution in [1.82, 2.24) is 4.98 Å². The molecule has 0 spiro atoms. The average molecular weight is 271 g/mol. The summed E-state index contributed by atoms with van der Waals surface area (Å²) < 4.78 is 0. The number of anilines is 1. The molecule has 1 heterocycles. The fourth-order valence-corrected chi connectivity index (χ4v) is 2.01. The first kappa shape index (κ1) is 11.5. The molecule has 2 aromatic rings. The molecule has 2 N–H and O–H groups in total. The van der Waals surface area contributed by atoms with Gasteiger partial charge in [-0.15, -0.1) is 11.3 Å². The minimum Gasteiger partial charge on any atom is -0.375 e. The lowest BCUT2D eigenvalue weighted by Gasteiger charge is -1.96. The first-order valence-electron chi connectivity index (χ1n) is 4.49. The van der Waals surface area contributed by atoms with Gasteiger partial charge in [-0.25, -0.2) is 4.98 Å². The van der Waals surface area contributed by atoms with E-state index in [1.807, 2.05) is 23.6 Å². The number of halogens is 2. The molecule has 2 rings (SSSR count). The second kappa shape index (κ2) is 4.87. The van der Waals surface area contributed by atoms with Gasteiger partial charge in [0.25, 0.3) is 0 Å². The van der Waals surface area contributed by atoms with Crippen LogP contribution in [0.25, 0.3) is 12.2 Å². The number of hydrogen-bond donors (Lipinski definition) is 1. The van der Waals surface area contributed by atoms with Crippen LogP contribution in [0.5, 0.6) is 0 Å². The van der Waals surface area contributed by atoms with Crippen molar-refractivity contribution in [2.75, 3.05) is 5.73 Å². The molecule has 0 aliphatic heterocycles. The first-order valence-corrected chi connectivity index (χ1v) is 6.13. The summed E-state index contributed by atoms with van der Waals surface area (Å²) in [4.78, 5) is 4.12. The van der Waals surface area contributed by atoms with Crippen LogP contribution < -0.4 is 5.73 Å². The van der Waals surface area contributed by atoms with Gasteiger partial charge in [0.2, 0.25) is 0 Å². The zero-order valence-corrected chi connectivity index (χ0v) is 10.5. The van der Waals surface area contributed by atoms with Gasteiger partial charge in [0.1, 0.15) is 0 Å². The van der Waals surface area contributed by atoms with Crippen LogP contribution >= 0.6 is 34.5 Å². The Morgan fingerprint density at radius 3 is 2.62 bits per heavy atom. The predicted octanol–water partition coefficient (Wildman–Crippen LogP) is 4.20. The molecule has 0 atom stereocenters. The quantitative estimate of drug-likeness (QED) is 0.888. The SMILES string of the molecule is Nc1nc(C=Cc2ccc(Cl)c(Cl)c2)cs1. The number of rotatable bonds is 2. The summed E-state index contributed by atoms with van der Waals surface area (Å²) in [6.07, 6.45) is 3.79. The molecular weight excluding hydrogens is 263 g/mol. The van der Waals surface area contributed by atoms with Crippen molar-refractivity contribution in [2.24, 2.45) is 0 Å². The third-order valence-corrected chi connectivity index (χ3v) is 3.36. The molecule has 5 heteroatoms. The van der Waals surface area contributed by atoms with Crippen molar-refractivity contribution >= 4 is 51.8 Å². The Morgan fingerprint density at radius 2 is 2.00 bits per heavy atom. The van der Waals surface area contributed by atoms with Gasteiger partial charge in [0.15, 0.2) is 5.13 Å². The fraction of sp³-hybridized carbons (Fsp3) is 0. The largest absolute Gasteiger partial charge is 0.375 e. The summed E-state index contributed by atoms with van der Waals surface area (Å²) in [7, 11) is 0. The average Bonchev–Trinajstić information content (AvgIpc) is 2.66. The molecule has 0 amide bonds. The molecule has 16 heavy (non-hydrogen) atoms. The van der Waals surface area contributed by atoms with Crippen molar-refractivity contribution in [2.45, 2.75) is 0 Å². The van der Waals surface area contributed by atoms with E-state index in [4.69, 9.17) is 28.9 Å². The number of nitrogens with two attached hydrogens (primary N) is 1. The molecule has 0 aliphatic carbocycles. The van der Waals surface area contributed by atoms with E-state index in [9.17, 15) is 0 Å². The van der Waals surface area contributed by atoms with Crippen molar-refractivity contribution in [3.05, 3.63) is 44.9 Å². The van der Waals surface area contributed by atoms with Crippen LogP contribution in [-0.2, 0) is 0 Å². The maximum Gasteiger partial charge on any atom is 0.180 e. The second-order valence-electron chi connectivity index (χ2n) is 3.12. The summed E-state index contributed by atoms with van der Waals surface area (Å²) in [5, 5.41) is 3.55. The van der Waals surface area contributed by atoms with Crippen LogP contribution in [-0.4, -0.2) is 4.98 Å². The smallest absolute Gasteiger partial charge is 0.180 e. The lowest BCUT2D eigenvalue weighted by atomic mass is 10.2. The lowest BCUT2D eigenvalue weighted by molar-refractivity contribution is 1.39. The number of nitrogens with zero attached hydrogens (tertiary/aromatic N) is 1. The third-order valence-electron chi connectivity index (χ3n) is 1.93. The highest BCUT2D eigenvalue weighted by molar-refractivity contribution is 7.13. The Bertz CT molecular complexity index is 535. The maximum absolute atomic E-state index is 5.90. The molecule has 0 saturated carbocycles. The predicted molar refractivity (Wildman–Crippen MR) is 71.9 cm³/mol. The van der Waals surface area contributed by atoms with Gasteiger partial charge < -0.3 is 5.73 Å². The molecule has 1 aromatic heterocycles. The molecule has 0 bridgehead atoms. The monoisotopic (exact) mass is 270 g/mol. The molecular formula is C11H8Cl2N2S. The van der Waals surface area contributed by atoms with Gasteiger partial charge in [-0.1, -0.05) is 35.3 Å². The zero-order valence-electron chi connectivity index (χ0n) is 8.15. The minimum atomic E-state index is 0.543. The zero-order chi connectivity index (χ0) is 11.5. The van der Waals surface area contributed by atoms with Crippen LogP contribution in [0.4, 0.5) is 5.13 Å². The van der Waals surface area contributed by atoms with Crippen molar-refractivity contribution in [3.8, 4) is 0 Å². The van der Waals surface area contributed by atoms with E-state index < -0.39 is 0 Å². The molecule has 0 radical (unpaired) electrons. The van der Waals surface area contributed by atoms with E-state index in [0.717, 1.165) is 11.3 Å². The molecule has 0 saturated heterocycles. The van der Waals surface area contributed by atoms with Crippen LogP contribution in [0.15, 0.2) is 23.6 Å². The normalized spacial score (nSPS) is 11.1. The Kier molecular flexibility index (Phi) is 3.49. The Balaban J connectivity index is 2.20. The van der Waals surface area contributed by atoms with Gasteiger partial charge in [-0.2, -0.15) is 0 Å². The van der Waals surface area contributed by atoms with Gasteiger partial charge in [0, 0.05) is 5.38 Å². The molecule has 1 aromatic carbocycles. The molecule has 0 aliphatic rings. The van der Waals surface area contributed by atoms with E-state index >= 15 is 0 Å². The highest BCUT2D eigenvalue weighted by Gasteiger charge is 1.97. The number of nitrogen functional groups attached to an aromatic ring is 1. The molecule has 2 nitrogen and oxygen atoms in total. The molecule has 0 unspecified atom stereocenters. The standard InChI is InChI=1S/C11H8Cl2N2S/c12-9-4-2-7(5-10(9)13)1-3-8-6-16-11(14)15-8/h1-6H,(H2,14,15). The van der Waals surface area contributed by atoms with Crippen molar-refractivity contribution in [1.29, 1.82) is 0 Å². The van der Waals surface area contributed by atoms with E-state index in [-0.39, 0.29) is 0 Å². The van der Waals surface area contributed by atoms with Crippen LogP contribution in [0.1, 0.15) is 11.3 Å². The summed E-state index contributed by atoms with van der Waals surface area (Å²) in [6.45, 7) is 0. The summed E-state index contributed by atoms with van der Waals surface area (Å²) in [5.41, 5.74) is 7.34. The van der Waals surface area contributed by atoms with Crippen molar-refractivity contribution < 1.29 is 0 Å². The Morgan fingerprint density at radius 1 is 1.19 bits per heavy atom. The Hall–Kier alpha value is -1.03. The topological polar surface area (TPSA) is 38.9 Å². The minimum absolute atomic E-state index is 0.543. The molecule has 0 fully saturated rings. The van der Waals surface area contributed by atoms with Crippen LogP contribution in [0.2, 0.25) is 10.0 Å². The highest BCUT2D eigenvalue weighted by atomic mass is 35.5. The van der Waals surface area contributed by atoms with Gasteiger partial charge in [-0.05, 0) is 23.8 Å². The highest BCUT2D eigenvalue weighted by Crippen LogP contribution is 2.23. The van der Waals surface area contributed by atoms with Crippen molar-refractivity contribution in [3.63, 3.8) is 0 Å². The van der Waals surface area contributed by atoms with Crippen LogP contribution in [0.3, 0.4) is 0 Å². The summed E-state index contributed by atoms with van der Waals surface area (Å²) in [6, 6.07) is 5.45. The third kappa shape index (κ3) is 2.76. The summed E-state index contributed by atoms with van der Waals surface area (Å²) in [5.74, 6) is 0. The fourth-order valence-electron chi connectivity index (χ4n) is 1.17. The van der Waals surface area contributed by atoms with Gasteiger partial charge >= 0.3 is 0 Å². The van der Waals surface area contributed by atoms with Gasteiger partial charge in [-0.3, -0.25) is 0 Å². The first-order chi connectivity index (χ1) is 7.65. The lowest BCUT2D eigenvalue weighted by Crippen LogP contribution is -1.81. The summed E-state index contributed by atoms with van der Waals surface area (Å²) >= 11 is 13.1. The number of aromatic nitrogens is 1. The Labute approximate surface area is 107 Å². The maximum atomic E-state index is 5.90. The van der Waals surface area contributed by atoms with E-state index in [1.165, 1.54) is 11.3 Å². The van der Waals surface area contributed by atoms with E-state index in [2.05, 4.69) is 4.98 Å². The number of thiazole rings is 1. The van der Waals surface area contributed by atoms with E-state index in [0.29, 0.717) is 15.2 Å². The number of benzene rings is 1. The van der Waals surface area contributed by atoms with Crippen LogP contribution in [0, 0.1) is 0 Å². The van der Waals surface area contributed by atoms with E-state index in [1.54, 1.807) is 12.1 Å².